The van der Waals surface area contributed by atoms with Crippen LogP contribution in [0.5, 0.6) is 0 Å². The van der Waals surface area contributed by atoms with E-state index in [2.05, 4.69) is 15.9 Å². The number of hydrogen-bond donors (Lipinski definition) is 1. The molecule has 0 spiro atoms. The lowest BCUT2D eigenvalue weighted by atomic mass is 10.1. The van der Waals surface area contributed by atoms with Crippen LogP contribution in [0.4, 0.5) is 13.2 Å². The Bertz CT molecular complexity index is 419. The molecule has 15 heavy (non-hydrogen) atoms. The fourth-order valence-corrected chi connectivity index (χ4v) is 2.89. The van der Waals surface area contributed by atoms with Crippen LogP contribution in [-0.2, 0) is 6.18 Å². The van der Waals surface area contributed by atoms with Crippen LogP contribution in [0.3, 0.4) is 0 Å². The van der Waals surface area contributed by atoms with Gasteiger partial charge in [-0.25, -0.2) is 0 Å². The first kappa shape index (κ1) is 12.8. The van der Waals surface area contributed by atoms with Crippen LogP contribution in [0.1, 0.15) is 15.9 Å². The Kier molecular flexibility index (Phi) is 3.64. The highest BCUT2D eigenvalue weighted by Crippen LogP contribution is 2.39. The highest BCUT2D eigenvalue weighted by atomic mass is 127. The van der Waals surface area contributed by atoms with Crippen LogP contribution >= 0.6 is 38.5 Å². The Morgan fingerprint density at radius 3 is 2.33 bits per heavy atom. The van der Waals surface area contributed by atoms with E-state index >= 15 is 0 Å². The number of benzene rings is 1. The molecule has 2 nitrogen and oxygen atoms in total. The molecule has 1 rings (SSSR count). The van der Waals surface area contributed by atoms with Gasteiger partial charge in [0, 0.05) is 8.04 Å². The summed E-state index contributed by atoms with van der Waals surface area (Å²) in [7, 11) is 0. The number of halogens is 5. The SMILES string of the molecule is NC(=O)c1ccc(I)c(C(F)(F)F)c1Br. The van der Waals surface area contributed by atoms with Crippen molar-refractivity contribution in [2.75, 3.05) is 0 Å². The molecule has 0 atom stereocenters. The molecule has 0 bridgehead atoms. The minimum atomic E-state index is -4.51. The van der Waals surface area contributed by atoms with Gasteiger partial charge in [-0.3, -0.25) is 4.79 Å². The van der Waals surface area contributed by atoms with Crippen molar-refractivity contribution in [2.45, 2.75) is 6.18 Å². The first-order chi connectivity index (χ1) is 6.75. The van der Waals surface area contributed by atoms with Crippen LogP contribution in [0.25, 0.3) is 0 Å². The number of alkyl halides is 3. The van der Waals surface area contributed by atoms with E-state index in [4.69, 9.17) is 5.73 Å². The zero-order valence-electron chi connectivity index (χ0n) is 7.03. The third-order valence-electron chi connectivity index (χ3n) is 1.64. The fraction of sp³-hybridized carbons (Fsp3) is 0.125. The second-order valence-electron chi connectivity index (χ2n) is 2.65. The van der Waals surface area contributed by atoms with E-state index in [1.54, 1.807) is 22.6 Å². The Morgan fingerprint density at radius 1 is 1.40 bits per heavy atom. The predicted octanol–water partition coefficient (Wildman–Crippen LogP) is 3.17. The lowest BCUT2D eigenvalue weighted by Gasteiger charge is -2.13. The van der Waals surface area contributed by atoms with Crippen LogP contribution in [-0.4, -0.2) is 5.91 Å². The third kappa shape index (κ3) is 2.63. The van der Waals surface area contributed by atoms with Crippen molar-refractivity contribution in [3.8, 4) is 0 Å². The van der Waals surface area contributed by atoms with E-state index in [1.807, 2.05) is 0 Å². The van der Waals surface area contributed by atoms with E-state index < -0.39 is 17.6 Å². The average Bonchev–Trinajstić information content (AvgIpc) is 2.00. The number of nitrogens with two attached hydrogens (primary N) is 1. The Labute approximate surface area is 105 Å². The van der Waals surface area contributed by atoms with Gasteiger partial charge in [0.2, 0.25) is 5.91 Å². The number of primary amides is 1. The molecule has 0 unspecified atom stereocenters. The molecule has 1 amide bonds. The lowest BCUT2D eigenvalue weighted by molar-refractivity contribution is -0.138. The molecular weight excluding hydrogens is 390 g/mol. The highest BCUT2D eigenvalue weighted by Gasteiger charge is 2.36. The monoisotopic (exact) mass is 393 g/mol. The summed E-state index contributed by atoms with van der Waals surface area (Å²) in [5.74, 6) is -0.899. The molecule has 0 saturated carbocycles. The molecule has 7 heteroatoms. The Morgan fingerprint density at radius 2 is 1.93 bits per heavy atom. The van der Waals surface area contributed by atoms with Crippen molar-refractivity contribution in [1.82, 2.24) is 0 Å². The summed E-state index contributed by atoms with van der Waals surface area (Å²) in [5.41, 5.74) is 3.88. The summed E-state index contributed by atoms with van der Waals surface area (Å²) in [6.07, 6.45) is -4.51. The van der Waals surface area contributed by atoms with Crippen molar-refractivity contribution in [3.63, 3.8) is 0 Å². The van der Waals surface area contributed by atoms with Crippen LogP contribution < -0.4 is 5.73 Å². The topological polar surface area (TPSA) is 43.1 Å². The van der Waals surface area contributed by atoms with Gasteiger partial charge in [-0.1, -0.05) is 0 Å². The van der Waals surface area contributed by atoms with Crippen molar-refractivity contribution >= 4 is 44.4 Å². The zero-order chi connectivity index (χ0) is 11.8. The molecule has 1 aromatic rings. The van der Waals surface area contributed by atoms with E-state index in [1.165, 1.54) is 12.1 Å². The standard InChI is InChI=1S/C8H4BrF3INO/c9-6-3(7(14)15)1-2-4(13)5(6)8(10,11)12/h1-2H,(H2,14,15). The average molecular weight is 394 g/mol. The molecule has 0 aromatic heterocycles. The quantitative estimate of drug-likeness (QED) is 0.732. The van der Waals surface area contributed by atoms with E-state index in [0.717, 1.165) is 0 Å². The largest absolute Gasteiger partial charge is 0.418 e. The van der Waals surface area contributed by atoms with Gasteiger partial charge in [0.15, 0.2) is 0 Å². The van der Waals surface area contributed by atoms with Gasteiger partial charge in [-0.05, 0) is 50.7 Å². The summed E-state index contributed by atoms with van der Waals surface area (Å²) in [5, 5.41) is 0. The van der Waals surface area contributed by atoms with Crippen LogP contribution in [0.2, 0.25) is 0 Å². The van der Waals surface area contributed by atoms with Gasteiger partial charge >= 0.3 is 6.18 Å². The van der Waals surface area contributed by atoms with E-state index in [9.17, 15) is 18.0 Å². The first-order valence-corrected chi connectivity index (χ1v) is 5.47. The Balaban J connectivity index is 3.51. The zero-order valence-corrected chi connectivity index (χ0v) is 10.8. The molecule has 1 aromatic carbocycles. The van der Waals surface area contributed by atoms with Gasteiger partial charge in [0.25, 0.3) is 0 Å². The number of carbonyl (C=O) groups excluding carboxylic acids is 1. The fourth-order valence-electron chi connectivity index (χ4n) is 1.00. The number of amides is 1. The van der Waals surface area contributed by atoms with Gasteiger partial charge in [0.05, 0.1) is 11.1 Å². The van der Waals surface area contributed by atoms with Crippen molar-refractivity contribution in [3.05, 3.63) is 31.3 Å². The molecule has 0 saturated heterocycles. The van der Waals surface area contributed by atoms with Gasteiger partial charge < -0.3 is 5.73 Å². The third-order valence-corrected chi connectivity index (χ3v) is 3.36. The van der Waals surface area contributed by atoms with Gasteiger partial charge in [0.1, 0.15) is 0 Å². The summed E-state index contributed by atoms with van der Waals surface area (Å²) in [6.45, 7) is 0. The predicted molar refractivity (Wildman–Crippen MR) is 60.4 cm³/mol. The molecule has 0 aliphatic heterocycles. The van der Waals surface area contributed by atoms with Crippen LogP contribution in [0.15, 0.2) is 16.6 Å². The smallest absolute Gasteiger partial charge is 0.366 e. The summed E-state index contributed by atoms with van der Waals surface area (Å²) >= 11 is 4.29. The molecule has 2 N–H and O–H groups in total. The number of hydrogen-bond acceptors (Lipinski definition) is 1. The number of rotatable bonds is 1. The second kappa shape index (κ2) is 4.28. The molecule has 82 valence electrons. The van der Waals surface area contributed by atoms with Crippen molar-refractivity contribution < 1.29 is 18.0 Å². The minimum absolute atomic E-state index is 0.0111. The normalized spacial score (nSPS) is 11.5. The van der Waals surface area contributed by atoms with E-state index in [-0.39, 0.29) is 13.6 Å². The van der Waals surface area contributed by atoms with Crippen LogP contribution in [0, 0.1) is 3.57 Å². The van der Waals surface area contributed by atoms with Crippen molar-refractivity contribution in [1.29, 1.82) is 0 Å². The maximum Gasteiger partial charge on any atom is 0.418 e. The molecule has 0 heterocycles. The highest BCUT2D eigenvalue weighted by molar-refractivity contribution is 14.1. The second-order valence-corrected chi connectivity index (χ2v) is 4.60. The van der Waals surface area contributed by atoms with Gasteiger partial charge in [-0.15, -0.1) is 0 Å². The minimum Gasteiger partial charge on any atom is -0.366 e. The lowest BCUT2D eigenvalue weighted by Crippen LogP contribution is -2.16. The molecular formula is C8H4BrF3INO. The summed E-state index contributed by atoms with van der Waals surface area (Å²) < 4.78 is 37.4. The summed E-state index contributed by atoms with van der Waals surface area (Å²) in [6, 6.07) is 2.46. The molecule has 0 aliphatic rings. The molecule has 0 fully saturated rings. The maximum absolute atomic E-state index is 12.6. The number of carbonyl (C=O) groups is 1. The molecule has 0 radical (unpaired) electrons. The summed E-state index contributed by atoms with van der Waals surface area (Å²) in [4.78, 5) is 10.8. The Hall–Kier alpha value is -0.310. The maximum atomic E-state index is 12.6. The van der Waals surface area contributed by atoms with E-state index in [0.29, 0.717) is 0 Å². The van der Waals surface area contributed by atoms with Crippen molar-refractivity contribution in [2.24, 2.45) is 5.73 Å². The molecule has 0 aliphatic carbocycles. The first-order valence-electron chi connectivity index (χ1n) is 3.60. The van der Waals surface area contributed by atoms with Gasteiger partial charge in [-0.2, -0.15) is 13.2 Å².